The number of hydrogen-bond acceptors (Lipinski definition) is 4. The van der Waals surface area contributed by atoms with Gasteiger partial charge in [-0.1, -0.05) is 13.8 Å². The van der Waals surface area contributed by atoms with E-state index < -0.39 is 0 Å². The van der Waals surface area contributed by atoms with Crippen LogP contribution < -0.4 is 5.32 Å². The number of nitriles is 1. The van der Waals surface area contributed by atoms with Crippen LogP contribution in [0.5, 0.6) is 0 Å². The normalized spacial score (nSPS) is 35.5. The van der Waals surface area contributed by atoms with Gasteiger partial charge in [0, 0.05) is 31.7 Å². The molecule has 0 aromatic heterocycles. The minimum atomic E-state index is -0.274. The summed E-state index contributed by atoms with van der Waals surface area (Å²) in [6.07, 6.45) is 6.78. The average molecular weight is 292 g/mol. The summed E-state index contributed by atoms with van der Waals surface area (Å²) in [4.78, 5) is 5.15. The van der Waals surface area contributed by atoms with Crippen molar-refractivity contribution in [1.29, 1.82) is 5.26 Å². The molecule has 0 bridgehead atoms. The fourth-order valence-corrected chi connectivity index (χ4v) is 3.97. The number of hydrogen-bond donors (Lipinski definition) is 1. The van der Waals surface area contributed by atoms with Gasteiger partial charge in [-0.15, -0.1) is 0 Å². The highest BCUT2D eigenvalue weighted by atomic mass is 15.3. The molecule has 0 spiro atoms. The summed E-state index contributed by atoms with van der Waals surface area (Å²) in [5, 5.41) is 13.2. The van der Waals surface area contributed by atoms with Gasteiger partial charge in [0.25, 0.3) is 0 Å². The van der Waals surface area contributed by atoms with Gasteiger partial charge < -0.3 is 4.90 Å². The van der Waals surface area contributed by atoms with E-state index in [1.807, 2.05) is 0 Å². The van der Waals surface area contributed by atoms with Crippen LogP contribution in [-0.4, -0.2) is 60.6 Å². The average Bonchev–Trinajstić information content (AvgIpc) is 2.53. The minimum absolute atomic E-state index is 0.274. The van der Waals surface area contributed by atoms with Crippen LogP contribution in [0.3, 0.4) is 0 Å². The van der Waals surface area contributed by atoms with E-state index in [1.165, 1.54) is 25.8 Å². The van der Waals surface area contributed by atoms with Crippen LogP contribution in [0.2, 0.25) is 0 Å². The quantitative estimate of drug-likeness (QED) is 0.844. The number of rotatable bonds is 5. The SMILES string of the molecule is CCCNC1(C#N)CCCC(N2CCN(C)C(CC)C2)C1. The molecule has 4 heteroatoms. The molecule has 21 heavy (non-hydrogen) atoms. The molecule has 1 heterocycles. The molecule has 1 saturated carbocycles. The zero-order valence-corrected chi connectivity index (χ0v) is 14.1. The molecular weight excluding hydrogens is 260 g/mol. The molecule has 0 amide bonds. The predicted octanol–water partition coefficient (Wildman–Crippen LogP) is 2.22. The van der Waals surface area contributed by atoms with Crippen LogP contribution in [0.15, 0.2) is 0 Å². The molecule has 2 rings (SSSR count). The summed E-state index contributed by atoms with van der Waals surface area (Å²) in [5.74, 6) is 0. The van der Waals surface area contributed by atoms with Crippen molar-refractivity contribution in [3.8, 4) is 6.07 Å². The fraction of sp³-hybridized carbons (Fsp3) is 0.941. The summed E-state index contributed by atoms with van der Waals surface area (Å²) in [7, 11) is 2.24. The van der Waals surface area contributed by atoms with E-state index in [4.69, 9.17) is 0 Å². The molecular formula is C17H32N4. The summed E-state index contributed by atoms with van der Waals surface area (Å²) in [5.41, 5.74) is -0.274. The van der Waals surface area contributed by atoms with Crippen molar-refractivity contribution >= 4 is 0 Å². The second kappa shape index (κ2) is 7.58. The summed E-state index contributed by atoms with van der Waals surface area (Å²) in [6, 6.07) is 3.88. The van der Waals surface area contributed by atoms with Gasteiger partial charge in [-0.05, 0) is 52.1 Å². The number of nitrogens with one attached hydrogen (secondary N) is 1. The lowest BCUT2D eigenvalue weighted by molar-refractivity contribution is 0.0374. The highest BCUT2D eigenvalue weighted by Gasteiger charge is 2.39. The topological polar surface area (TPSA) is 42.3 Å². The molecule has 1 N–H and O–H groups in total. The van der Waals surface area contributed by atoms with Gasteiger partial charge in [-0.25, -0.2) is 0 Å². The van der Waals surface area contributed by atoms with E-state index in [9.17, 15) is 5.26 Å². The van der Waals surface area contributed by atoms with Gasteiger partial charge in [0.15, 0.2) is 0 Å². The second-order valence-corrected chi connectivity index (χ2v) is 6.91. The largest absolute Gasteiger partial charge is 0.301 e. The monoisotopic (exact) mass is 292 g/mol. The fourth-order valence-electron chi connectivity index (χ4n) is 3.97. The molecule has 3 atom stereocenters. The van der Waals surface area contributed by atoms with E-state index in [0.29, 0.717) is 12.1 Å². The van der Waals surface area contributed by atoms with E-state index in [2.05, 4.69) is 42.1 Å². The molecule has 0 radical (unpaired) electrons. The van der Waals surface area contributed by atoms with Crippen LogP contribution in [0.25, 0.3) is 0 Å². The highest BCUT2D eigenvalue weighted by Crippen LogP contribution is 2.32. The molecule has 0 aromatic rings. The maximum Gasteiger partial charge on any atom is 0.108 e. The third-order valence-electron chi connectivity index (χ3n) is 5.45. The van der Waals surface area contributed by atoms with Crippen molar-refractivity contribution in [3.63, 3.8) is 0 Å². The molecule has 2 aliphatic rings. The first kappa shape index (κ1) is 16.7. The Morgan fingerprint density at radius 1 is 1.33 bits per heavy atom. The minimum Gasteiger partial charge on any atom is -0.301 e. The van der Waals surface area contributed by atoms with Crippen molar-refractivity contribution in [2.24, 2.45) is 0 Å². The van der Waals surface area contributed by atoms with Crippen LogP contribution in [-0.2, 0) is 0 Å². The van der Waals surface area contributed by atoms with Crippen molar-refractivity contribution in [2.75, 3.05) is 33.2 Å². The van der Waals surface area contributed by atoms with Crippen molar-refractivity contribution in [3.05, 3.63) is 0 Å². The van der Waals surface area contributed by atoms with Gasteiger partial charge >= 0.3 is 0 Å². The Morgan fingerprint density at radius 2 is 2.14 bits per heavy atom. The zero-order valence-electron chi connectivity index (χ0n) is 14.1. The predicted molar refractivity (Wildman–Crippen MR) is 87.2 cm³/mol. The van der Waals surface area contributed by atoms with Crippen molar-refractivity contribution < 1.29 is 0 Å². The lowest BCUT2D eigenvalue weighted by Gasteiger charge is -2.47. The van der Waals surface area contributed by atoms with Crippen LogP contribution >= 0.6 is 0 Å². The molecule has 120 valence electrons. The van der Waals surface area contributed by atoms with Gasteiger partial charge in [-0.2, -0.15) is 5.26 Å². The Hall–Kier alpha value is -0.630. The van der Waals surface area contributed by atoms with Gasteiger partial charge in [0.2, 0.25) is 0 Å². The Morgan fingerprint density at radius 3 is 2.81 bits per heavy atom. The lowest BCUT2D eigenvalue weighted by Crippen LogP contribution is -2.58. The molecule has 1 aliphatic carbocycles. The maximum atomic E-state index is 9.69. The highest BCUT2D eigenvalue weighted by molar-refractivity contribution is 5.11. The second-order valence-electron chi connectivity index (χ2n) is 6.91. The van der Waals surface area contributed by atoms with Crippen LogP contribution in [0, 0.1) is 11.3 Å². The first-order chi connectivity index (χ1) is 10.1. The third kappa shape index (κ3) is 3.97. The summed E-state index contributed by atoms with van der Waals surface area (Å²) in [6.45, 7) is 8.91. The molecule has 2 fully saturated rings. The third-order valence-corrected chi connectivity index (χ3v) is 5.45. The first-order valence-electron chi connectivity index (χ1n) is 8.74. The Bertz CT molecular complexity index is 364. The Balaban J connectivity index is 1.98. The smallest absolute Gasteiger partial charge is 0.108 e. The summed E-state index contributed by atoms with van der Waals surface area (Å²) >= 11 is 0. The van der Waals surface area contributed by atoms with Crippen molar-refractivity contribution in [1.82, 2.24) is 15.1 Å². The number of likely N-dealkylation sites (N-methyl/N-ethyl adjacent to an activating group) is 1. The Labute approximate surface area is 130 Å². The van der Waals surface area contributed by atoms with E-state index in [-0.39, 0.29) is 5.54 Å². The molecule has 3 unspecified atom stereocenters. The number of nitrogens with zero attached hydrogens (tertiary/aromatic N) is 3. The molecule has 1 saturated heterocycles. The van der Waals surface area contributed by atoms with Crippen LogP contribution in [0.1, 0.15) is 52.4 Å². The first-order valence-corrected chi connectivity index (χ1v) is 8.74. The Kier molecular flexibility index (Phi) is 6.04. The van der Waals surface area contributed by atoms with Gasteiger partial charge in [-0.3, -0.25) is 10.2 Å². The summed E-state index contributed by atoms with van der Waals surface area (Å²) < 4.78 is 0. The van der Waals surface area contributed by atoms with Crippen molar-refractivity contribution in [2.45, 2.75) is 70.0 Å². The van der Waals surface area contributed by atoms with Gasteiger partial charge in [0.1, 0.15) is 5.54 Å². The van der Waals surface area contributed by atoms with E-state index in [0.717, 1.165) is 38.9 Å². The van der Waals surface area contributed by atoms with Gasteiger partial charge in [0.05, 0.1) is 6.07 Å². The zero-order chi connectivity index (χ0) is 15.3. The molecule has 1 aliphatic heterocycles. The molecule has 0 aromatic carbocycles. The number of piperazine rings is 1. The maximum absolute atomic E-state index is 9.69. The standard InChI is InChI=1S/C17H32N4/c1-4-9-19-17(14-18)8-6-7-16(12-17)21-11-10-20(3)15(5-2)13-21/h15-16,19H,4-13H2,1-3H3. The van der Waals surface area contributed by atoms with Crippen LogP contribution in [0.4, 0.5) is 0 Å². The van der Waals surface area contributed by atoms with E-state index in [1.54, 1.807) is 0 Å². The lowest BCUT2D eigenvalue weighted by atomic mass is 9.79. The molecule has 4 nitrogen and oxygen atoms in total. The van der Waals surface area contributed by atoms with E-state index >= 15 is 0 Å².